The molecule has 0 radical (unpaired) electrons. The van der Waals surface area contributed by atoms with Gasteiger partial charge < -0.3 is 0 Å². The van der Waals surface area contributed by atoms with Crippen molar-refractivity contribution in [2.45, 2.75) is 45.1 Å². The van der Waals surface area contributed by atoms with Crippen molar-refractivity contribution in [2.75, 3.05) is 0 Å². The van der Waals surface area contributed by atoms with Crippen molar-refractivity contribution >= 4 is 0 Å². The summed E-state index contributed by atoms with van der Waals surface area (Å²) in [5.74, 6) is 0. The van der Waals surface area contributed by atoms with Crippen molar-refractivity contribution in [3.05, 3.63) is 39.8 Å². The summed E-state index contributed by atoms with van der Waals surface area (Å²) in [4.78, 5) is 10.6. The molecule has 0 spiro atoms. The van der Waals surface area contributed by atoms with Gasteiger partial charge in [0.05, 0.1) is 0 Å². The average molecular weight is 203 g/mol. The van der Waals surface area contributed by atoms with Crippen LogP contribution in [-0.4, -0.2) is 0 Å². The molecule has 0 amide bonds. The fraction of sp³-hybridized carbons (Fsp3) is 0.538. The predicted octanol–water partition coefficient (Wildman–Crippen LogP) is 3.74. The summed E-state index contributed by atoms with van der Waals surface area (Å²) in [7, 11) is 0. The van der Waals surface area contributed by atoms with Gasteiger partial charge in [-0.3, -0.25) is 0 Å². The van der Waals surface area contributed by atoms with Crippen molar-refractivity contribution in [3.63, 3.8) is 0 Å². The Labute approximate surface area is 90.7 Å². The Morgan fingerprint density at radius 3 is 2.67 bits per heavy atom. The first-order chi connectivity index (χ1) is 7.02. The molecule has 0 N–H and O–H groups in total. The van der Waals surface area contributed by atoms with Crippen LogP contribution in [0.4, 0.5) is 0 Å². The first-order valence-electron chi connectivity index (χ1n) is 5.48. The van der Waals surface area contributed by atoms with Gasteiger partial charge in [0.25, 0.3) is 0 Å². The van der Waals surface area contributed by atoms with Crippen molar-refractivity contribution in [2.24, 2.45) is 5.18 Å². The highest BCUT2D eigenvalue weighted by Crippen LogP contribution is 2.36. The Kier molecular flexibility index (Phi) is 2.37. The van der Waals surface area contributed by atoms with Crippen molar-refractivity contribution < 1.29 is 0 Å². The number of nitroso groups, excluding NO2 is 1. The highest BCUT2D eigenvalue weighted by Gasteiger charge is 2.24. The predicted molar refractivity (Wildman–Crippen MR) is 62.0 cm³/mol. The molecule has 80 valence electrons. The molecule has 0 saturated carbocycles. The summed E-state index contributed by atoms with van der Waals surface area (Å²) in [5.41, 5.74) is 3.97. The molecule has 0 aliphatic heterocycles. The van der Waals surface area contributed by atoms with E-state index in [1.807, 2.05) is 0 Å². The van der Waals surface area contributed by atoms with E-state index in [1.54, 1.807) is 0 Å². The molecule has 15 heavy (non-hydrogen) atoms. The van der Waals surface area contributed by atoms with Gasteiger partial charge in [0, 0.05) is 0 Å². The van der Waals surface area contributed by atoms with Crippen LogP contribution < -0.4 is 0 Å². The molecule has 0 aromatic heterocycles. The largest absolute Gasteiger partial charge is 0.150 e. The maximum absolute atomic E-state index is 10.6. The van der Waals surface area contributed by atoms with E-state index in [0.717, 1.165) is 18.4 Å². The number of fused-ring (bicyclic) bond motifs is 1. The van der Waals surface area contributed by atoms with Gasteiger partial charge in [-0.2, -0.15) is 4.91 Å². The van der Waals surface area contributed by atoms with E-state index in [1.165, 1.54) is 11.1 Å². The number of rotatable bonds is 1. The lowest BCUT2D eigenvalue weighted by atomic mass is 9.85. The van der Waals surface area contributed by atoms with Gasteiger partial charge in [0.1, 0.15) is 6.04 Å². The lowest BCUT2D eigenvalue weighted by Crippen LogP contribution is -2.11. The molecule has 1 aromatic rings. The smallest absolute Gasteiger partial charge is 0.117 e. The fourth-order valence-corrected chi connectivity index (χ4v) is 2.17. The molecular formula is C13H17NO. The van der Waals surface area contributed by atoms with E-state index >= 15 is 0 Å². The minimum Gasteiger partial charge on any atom is -0.150 e. The second-order valence-corrected chi connectivity index (χ2v) is 5.32. The maximum Gasteiger partial charge on any atom is 0.117 e. The Hall–Kier alpha value is -1.18. The molecule has 1 aromatic carbocycles. The lowest BCUT2D eigenvalue weighted by Gasteiger charge is -2.20. The van der Waals surface area contributed by atoms with Gasteiger partial charge in [-0.05, 0) is 34.9 Å². The summed E-state index contributed by atoms with van der Waals surface area (Å²) < 4.78 is 0. The van der Waals surface area contributed by atoms with Crippen LogP contribution in [0.15, 0.2) is 23.4 Å². The zero-order valence-electron chi connectivity index (χ0n) is 9.58. The van der Waals surface area contributed by atoms with Gasteiger partial charge in [-0.15, -0.1) is 0 Å². The van der Waals surface area contributed by atoms with Crippen LogP contribution in [0.2, 0.25) is 0 Å². The third-order valence-corrected chi connectivity index (χ3v) is 3.18. The van der Waals surface area contributed by atoms with Crippen molar-refractivity contribution in [1.82, 2.24) is 0 Å². The molecule has 0 bridgehead atoms. The Bertz CT molecular complexity index is 390. The molecule has 1 aliphatic rings. The monoisotopic (exact) mass is 203 g/mol. The fourth-order valence-electron chi connectivity index (χ4n) is 2.17. The minimum absolute atomic E-state index is 0.103. The zero-order chi connectivity index (χ0) is 11.1. The second-order valence-electron chi connectivity index (χ2n) is 5.32. The van der Waals surface area contributed by atoms with E-state index in [4.69, 9.17) is 0 Å². The standard InChI is InChI=1S/C13H17NO/c1-13(2,3)10-5-6-11-9(8-10)4-7-12(11)14-15/h5-6,8,12H,4,7H2,1-3H3. The highest BCUT2D eigenvalue weighted by molar-refractivity contribution is 5.40. The molecule has 0 saturated heterocycles. The molecule has 2 heteroatoms. The molecule has 2 rings (SSSR count). The minimum atomic E-state index is -0.103. The molecule has 1 aliphatic carbocycles. The quantitative estimate of drug-likeness (QED) is 0.639. The van der Waals surface area contributed by atoms with Crippen LogP contribution in [0.1, 0.15) is 49.9 Å². The van der Waals surface area contributed by atoms with Crippen molar-refractivity contribution in [1.29, 1.82) is 0 Å². The summed E-state index contributed by atoms with van der Waals surface area (Å²) in [6, 6.07) is 6.34. The summed E-state index contributed by atoms with van der Waals surface area (Å²) in [5, 5.41) is 3.17. The Morgan fingerprint density at radius 1 is 1.33 bits per heavy atom. The highest BCUT2D eigenvalue weighted by atomic mass is 16.3. The molecule has 1 atom stereocenters. The van der Waals surface area contributed by atoms with Gasteiger partial charge >= 0.3 is 0 Å². The second kappa shape index (κ2) is 3.44. The normalized spacial score (nSPS) is 20.1. The SMILES string of the molecule is CC(C)(C)c1ccc2c(c1)CCC2N=O. The lowest BCUT2D eigenvalue weighted by molar-refractivity contribution is 0.589. The molecule has 1 unspecified atom stereocenters. The average Bonchev–Trinajstić information content (AvgIpc) is 2.58. The van der Waals surface area contributed by atoms with E-state index in [2.05, 4.69) is 44.1 Å². The molecule has 0 fully saturated rings. The number of benzene rings is 1. The van der Waals surface area contributed by atoms with Gasteiger partial charge in [-0.1, -0.05) is 44.1 Å². The van der Waals surface area contributed by atoms with Crippen LogP contribution in [0.5, 0.6) is 0 Å². The number of hydrogen-bond donors (Lipinski definition) is 0. The maximum atomic E-state index is 10.6. The van der Waals surface area contributed by atoms with E-state index in [0.29, 0.717) is 0 Å². The first kappa shape index (κ1) is 10.3. The van der Waals surface area contributed by atoms with Gasteiger partial charge in [0.15, 0.2) is 0 Å². The Balaban J connectivity index is 2.41. The Morgan fingerprint density at radius 2 is 2.07 bits per heavy atom. The number of nitrogens with zero attached hydrogens (tertiary/aromatic N) is 1. The van der Waals surface area contributed by atoms with Crippen LogP contribution in [0, 0.1) is 4.91 Å². The molecule has 0 heterocycles. The third-order valence-electron chi connectivity index (χ3n) is 3.18. The number of aryl methyl sites for hydroxylation is 1. The van der Waals surface area contributed by atoms with Gasteiger partial charge in [0.2, 0.25) is 0 Å². The van der Waals surface area contributed by atoms with Crippen LogP contribution in [-0.2, 0) is 11.8 Å². The van der Waals surface area contributed by atoms with E-state index in [-0.39, 0.29) is 11.5 Å². The van der Waals surface area contributed by atoms with Crippen LogP contribution in [0.25, 0.3) is 0 Å². The van der Waals surface area contributed by atoms with Gasteiger partial charge in [-0.25, -0.2) is 0 Å². The van der Waals surface area contributed by atoms with Crippen LogP contribution >= 0.6 is 0 Å². The first-order valence-corrected chi connectivity index (χ1v) is 5.48. The number of hydrogen-bond acceptors (Lipinski definition) is 2. The molecule has 2 nitrogen and oxygen atoms in total. The summed E-state index contributed by atoms with van der Waals surface area (Å²) >= 11 is 0. The van der Waals surface area contributed by atoms with Crippen LogP contribution in [0.3, 0.4) is 0 Å². The van der Waals surface area contributed by atoms with Crippen molar-refractivity contribution in [3.8, 4) is 0 Å². The van der Waals surface area contributed by atoms with E-state index < -0.39 is 0 Å². The summed E-state index contributed by atoms with van der Waals surface area (Å²) in [6.45, 7) is 6.62. The molecular weight excluding hydrogens is 186 g/mol. The topological polar surface area (TPSA) is 29.4 Å². The third kappa shape index (κ3) is 1.81. The summed E-state index contributed by atoms with van der Waals surface area (Å²) in [6.07, 6.45) is 1.88. The zero-order valence-corrected chi connectivity index (χ0v) is 9.58. The van der Waals surface area contributed by atoms with E-state index in [9.17, 15) is 4.91 Å².